The van der Waals surface area contributed by atoms with Crippen molar-refractivity contribution in [2.24, 2.45) is 0 Å². The number of likely N-dealkylation sites (N-methyl/N-ethyl adjacent to an activating group) is 1. The Morgan fingerprint density at radius 1 is 1.40 bits per heavy atom. The quantitative estimate of drug-likeness (QED) is 0.711. The molecule has 2 atom stereocenters. The molecule has 20 heavy (non-hydrogen) atoms. The molecule has 5 heteroatoms. The maximum atomic E-state index is 10.3. The van der Waals surface area contributed by atoms with Crippen LogP contribution < -0.4 is 5.32 Å². The van der Waals surface area contributed by atoms with Crippen molar-refractivity contribution >= 4 is 15.9 Å². The predicted octanol–water partition coefficient (Wildman–Crippen LogP) is 2.51. The first-order valence-electron chi connectivity index (χ1n) is 6.84. The average Bonchev–Trinajstić information content (AvgIpc) is 2.32. The third kappa shape index (κ3) is 5.40. The minimum atomic E-state index is -0.807. The number of phenols is 1. The standard InChI is InChI=1S/C15H25BrN2O2/c1-5-13(12-8-11(16)6-7-14(12)19)17-9-15(2,20)10-18(3)4/h6-8,13,17,19-20H,5,9-10H2,1-4H3. The van der Waals surface area contributed by atoms with E-state index in [4.69, 9.17) is 0 Å². The van der Waals surface area contributed by atoms with Gasteiger partial charge in [0.05, 0.1) is 5.60 Å². The number of halogens is 1. The highest BCUT2D eigenvalue weighted by Crippen LogP contribution is 2.29. The van der Waals surface area contributed by atoms with Crippen LogP contribution in [-0.2, 0) is 0 Å². The van der Waals surface area contributed by atoms with Crippen LogP contribution in [0.1, 0.15) is 31.9 Å². The molecule has 114 valence electrons. The van der Waals surface area contributed by atoms with E-state index < -0.39 is 5.60 Å². The molecule has 1 aromatic carbocycles. The van der Waals surface area contributed by atoms with Crippen LogP contribution in [0, 0.1) is 0 Å². The minimum Gasteiger partial charge on any atom is -0.508 e. The number of rotatable bonds is 7. The van der Waals surface area contributed by atoms with Gasteiger partial charge in [-0.25, -0.2) is 0 Å². The molecule has 0 radical (unpaired) electrons. The highest BCUT2D eigenvalue weighted by molar-refractivity contribution is 9.10. The molecule has 2 unspecified atom stereocenters. The molecule has 1 aromatic rings. The fourth-order valence-electron chi connectivity index (χ4n) is 2.36. The van der Waals surface area contributed by atoms with Crippen LogP contribution in [0.2, 0.25) is 0 Å². The zero-order valence-electron chi connectivity index (χ0n) is 12.7. The van der Waals surface area contributed by atoms with Crippen LogP contribution in [0.4, 0.5) is 0 Å². The number of aliphatic hydroxyl groups is 1. The van der Waals surface area contributed by atoms with Crippen molar-refractivity contribution in [1.82, 2.24) is 10.2 Å². The second-order valence-electron chi connectivity index (χ2n) is 5.78. The number of nitrogens with one attached hydrogen (secondary N) is 1. The summed E-state index contributed by atoms with van der Waals surface area (Å²) in [7, 11) is 3.87. The van der Waals surface area contributed by atoms with Gasteiger partial charge in [-0.2, -0.15) is 0 Å². The van der Waals surface area contributed by atoms with Crippen LogP contribution in [0.25, 0.3) is 0 Å². The lowest BCUT2D eigenvalue weighted by Gasteiger charge is -2.30. The van der Waals surface area contributed by atoms with Crippen LogP contribution in [-0.4, -0.2) is 47.9 Å². The van der Waals surface area contributed by atoms with Crippen molar-refractivity contribution in [2.75, 3.05) is 27.2 Å². The van der Waals surface area contributed by atoms with Crippen molar-refractivity contribution in [2.45, 2.75) is 31.9 Å². The first-order chi connectivity index (χ1) is 9.25. The molecule has 0 aliphatic rings. The zero-order valence-corrected chi connectivity index (χ0v) is 14.2. The summed E-state index contributed by atoms with van der Waals surface area (Å²) in [6, 6.07) is 5.42. The first-order valence-corrected chi connectivity index (χ1v) is 7.63. The van der Waals surface area contributed by atoms with Gasteiger partial charge in [0.1, 0.15) is 5.75 Å². The molecule has 3 N–H and O–H groups in total. The third-order valence-electron chi connectivity index (χ3n) is 3.16. The molecule has 0 saturated carbocycles. The van der Waals surface area contributed by atoms with E-state index in [2.05, 4.69) is 28.2 Å². The summed E-state index contributed by atoms with van der Waals surface area (Å²) in [5, 5.41) is 23.6. The summed E-state index contributed by atoms with van der Waals surface area (Å²) in [6.07, 6.45) is 0.835. The summed E-state index contributed by atoms with van der Waals surface area (Å²) in [6.45, 7) is 4.92. The number of hydrogen-bond acceptors (Lipinski definition) is 4. The predicted molar refractivity (Wildman–Crippen MR) is 86.0 cm³/mol. The van der Waals surface area contributed by atoms with Gasteiger partial charge < -0.3 is 20.4 Å². The van der Waals surface area contributed by atoms with Gasteiger partial charge in [-0.1, -0.05) is 22.9 Å². The summed E-state index contributed by atoms with van der Waals surface area (Å²) in [4.78, 5) is 1.96. The van der Waals surface area contributed by atoms with E-state index in [0.29, 0.717) is 13.1 Å². The lowest BCUT2D eigenvalue weighted by Crippen LogP contribution is -2.46. The van der Waals surface area contributed by atoms with Gasteiger partial charge in [-0.05, 0) is 45.6 Å². The minimum absolute atomic E-state index is 0.0149. The van der Waals surface area contributed by atoms with Crippen LogP contribution in [0.15, 0.2) is 22.7 Å². The highest BCUT2D eigenvalue weighted by atomic mass is 79.9. The van der Waals surface area contributed by atoms with Crippen molar-refractivity contribution < 1.29 is 10.2 Å². The summed E-state index contributed by atoms with van der Waals surface area (Å²) < 4.78 is 0.936. The maximum absolute atomic E-state index is 10.3. The maximum Gasteiger partial charge on any atom is 0.120 e. The highest BCUT2D eigenvalue weighted by Gasteiger charge is 2.23. The molecule has 1 rings (SSSR count). The van der Waals surface area contributed by atoms with Crippen molar-refractivity contribution in [3.8, 4) is 5.75 Å². The third-order valence-corrected chi connectivity index (χ3v) is 3.65. The van der Waals surface area contributed by atoms with Gasteiger partial charge in [-0.3, -0.25) is 0 Å². The monoisotopic (exact) mass is 344 g/mol. The van der Waals surface area contributed by atoms with E-state index in [9.17, 15) is 10.2 Å². The van der Waals surface area contributed by atoms with Crippen LogP contribution >= 0.6 is 15.9 Å². The molecule has 0 amide bonds. The first kappa shape index (κ1) is 17.4. The molecule has 0 spiro atoms. The molecule has 0 aromatic heterocycles. The van der Waals surface area contributed by atoms with E-state index >= 15 is 0 Å². The van der Waals surface area contributed by atoms with Crippen molar-refractivity contribution in [3.63, 3.8) is 0 Å². The van der Waals surface area contributed by atoms with Crippen molar-refractivity contribution in [1.29, 1.82) is 0 Å². The molecular formula is C15H25BrN2O2. The van der Waals surface area contributed by atoms with Gasteiger partial charge in [-0.15, -0.1) is 0 Å². The van der Waals surface area contributed by atoms with Crippen LogP contribution in [0.3, 0.4) is 0 Å². The normalized spacial score (nSPS) is 16.1. The Labute approximate surface area is 129 Å². The molecule has 0 heterocycles. The van der Waals surface area contributed by atoms with Crippen LogP contribution in [0.5, 0.6) is 5.75 Å². The fourth-order valence-corrected chi connectivity index (χ4v) is 2.74. The Hall–Kier alpha value is -0.620. The smallest absolute Gasteiger partial charge is 0.120 e. The number of aromatic hydroxyl groups is 1. The number of phenolic OH excluding ortho intramolecular Hbond substituents is 1. The lowest BCUT2D eigenvalue weighted by atomic mass is 10.0. The van der Waals surface area contributed by atoms with E-state index in [1.807, 2.05) is 38.1 Å². The second-order valence-corrected chi connectivity index (χ2v) is 6.70. The van der Waals surface area contributed by atoms with Gasteiger partial charge in [0.25, 0.3) is 0 Å². The topological polar surface area (TPSA) is 55.7 Å². The average molecular weight is 345 g/mol. The summed E-state index contributed by atoms with van der Waals surface area (Å²) >= 11 is 3.42. The fraction of sp³-hybridized carbons (Fsp3) is 0.600. The zero-order chi connectivity index (χ0) is 15.3. The molecule has 0 aliphatic heterocycles. The van der Waals surface area contributed by atoms with E-state index in [-0.39, 0.29) is 11.8 Å². The Morgan fingerprint density at radius 2 is 2.05 bits per heavy atom. The Balaban J connectivity index is 2.75. The Kier molecular flexibility index (Phi) is 6.45. The van der Waals surface area contributed by atoms with Gasteiger partial charge >= 0.3 is 0 Å². The molecule has 0 fully saturated rings. The largest absolute Gasteiger partial charge is 0.508 e. The lowest BCUT2D eigenvalue weighted by molar-refractivity contribution is 0.0311. The van der Waals surface area contributed by atoms with E-state index in [1.165, 1.54) is 0 Å². The molecular weight excluding hydrogens is 320 g/mol. The van der Waals surface area contributed by atoms with Crippen molar-refractivity contribution in [3.05, 3.63) is 28.2 Å². The molecule has 4 nitrogen and oxygen atoms in total. The number of benzene rings is 1. The second kappa shape index (κ2) is 7.41. The summed E-state index contributed by atoms with van der Waals surface area (Å²) in [5.74, 6) is 0.278. The number of nitrogens with zero attached hydrogens (tertiary/aromatic N) is 1. The van der Waals surface area contributed by atoms with Gasteiger partial charge in [0.2, 0.25) is 0 Å². The van der Waals surface area contributed by atoms with E-state index in [1.54, 1.807) is 6.07 Å². The molecule has 0 aliphatic carbocycles. The van der Waals surface area contributed by atoms with Gasteiger partial charge in [0, 0.05) is 29.2 Å². The Morgan fingerprint density at radius 3 is 2.60 bits per heavy atom. The SMILES string of the molecule is CCC(NCC(C)(O)CN(C)C)c1cc(Br)ccc1O. The number of hydrogen-bond donors (Lipinski definition) is 3. The molecule has 0 saturated heterocycles. The molecule has 0 bridgehead atoms. The Bertz CT molecular complexity index is 436. The summed E-state index contributed by atoms with van der Waals surface area (Å²) in [5.41, 5.74) is 0.0426. The van der Waals surface area contributed by atoms with E-state index in [0.717, 1.165) is 16.5 Å². The van der Waals surface area contributed by atoms with Gasteiger partial charge in [0.15, 0.2) is 0 Å².